The minimum atomic E-state index is -0.205. The molecule has 0 spiro atoms. The fourth-order valence-corrected chi connectivity index (χ4v) is 2.30. The summed E-state index contributed by atoms with van der Waals surface area (Å²) in [6.45, 7) is 0.453. The van der Waals surface area contributed by atoms with Crippen molar-refractivity contribution in [3.8, 4) is 0 Å². The van der Waals surface area contributed by atoms with Gasteiger partial charge in [0.05, 0.1) is 23.0 Å². The van der Waals surface area contributed by atoms with E-state index >= 15 is 0 Å². The van der Waals surface area contributed by atoms with Crippen molar-refractivity contribution in [1.82, 2.24) is 4.90 Å². The van der Waals surface area contributed by atoms with E-state index in [4.69, 9.17) is 23.2 Å². The fraction of sp³-hybridized carbons (Fsp3) is 0.250. The van der Waals surface area contributed by atoms with E-state index in [2.05, 4.69) is 0 Å². The number of nitrogens with zero attached hydrogens (tertiary/aromatic N) is 2. The van der Waals surface area contributed by atoms with Crippen LogP contribution < -0.4 is 4.90 Å². The van der Waals surface area contributed by atoms with Crippen LogP contribution in [-0.2, 0) is 4.79 Å². The van der Waals surface area contributed by atoms with Crippen molar-refractivity contribution in [2.75, 3.05) is 25.5 Å². The summed E-state index contributed by atoms with van der Waals surface area (Å²) in [6, 6.07) is 7.24. The lowest BCUT2D eigenvalue weighted by Gasteiger charge is -2.19. The summed E-state index contributed by atoms with van der Waals surface area (Å²) in [6.07, 6.45) is 0. The third-order valence-electron chi connectivity index (χ3n) is 2.68. The molecule has 17 heavy (non-hydrogen) atoms. The Bertz CT molecular complexity index is 497. The molecule has 0 N–H and O–H groups in total. The molecule has 3 nitrogen and oxygen atoms in total. The van der Waals surface area contributed by atoms with Crippen LogP contribution in [0.1, 0.15) is 0 Å². The van der Waals surface area contributed by atoms with Crippen LogP contribution in [0.2, 0.25) is 5.02 Å². The van der Waals surface area contributed by atoms with E-state index in [1.807, 2.05) is 37.2 Å². The maximum absolute atomic E-state index is 12.0. The molecule has 1 heterocycles. The minimum absolute atomic E-state index is 0.205. The van der Waals surface area contributed by atoms with Crippen molar-refractivity contribution >= 4 is 34.8 Å². The highest BCUT2D eigenvalue weighted by molar-refractivity contribution is 6.46. The number of carbonyl (C=O) groups excluding carboxylic acids is 1. The van der Waals surface area contributed by atoms with E-state index in [1.54, 1.807) is 11.0 Å². The molecule has 0 radical (unpaired) electrons. The molecule has 0 aliphatic carbocycles. The standard InChI is InChI=1S/C12H12Cl2N2O/c1-15(2)10-7-16(12(17)11(10)14)9-6-4-3-5-8(9)13/h3-6H,7H2,1-2H3. The molecule has 5 heteroatoms. The van der Waals surface area contributed by atoms with E-state index in [0.29, 0.717) is 17.3 Å². The topological polar surface area (TPSA) is 23.6 Å². The second-order valence-electron chi connectivity index (χ2n) is 4.00. The number of benzene rings is 1. The highest BCUT2D eigenvalue weighted by Crippen LogP contribution is 2.32. The van der Waals surface area contributed by atoms with Gasteiger partial charge < -0.3 is 9.80 Å². The van der Waals surface area contributed by atoms with Crippen molar-refractivity contribution in [2.24, 2.45) is 0 Å². The molecule has 1 aromatic rings. The summed E-state index contributed by atoms with van der Waals surface area (Å²) in [7, 11) is 3.72. The molecule has 1 aliphatic rings. The smallest absolute Gasteiger partial charge is 0.272 e. The van der Waals surface area contributed by atoms with E-state index in [9.17, 15) is 4.79 Å². The van der Waals surface area contributed by atoms with Crippen molar-refractivity contribution in [3.05, 3.63) is 40.0 Å². The van der Waals surface area contributed by atoms with Crippen LogP contribution in [0.4, 0.5) is 5.69 Å². The number of rotatable bonds is 2. The van der Waals surface area contributed by atoms with Crippen LogP contribution in [0.25, 0.3) is 0 Å². The first-order valence-corrected chi connectivity index (χ1v) is 5.90. The van der Waals surface area contributed by atoms with Gasteiger partial charge in [0.15, 0.2) is 0 Å². The molecule has 0 saturated carbocycles. The Hall–Kier alpha value is -1.19. The average molecular weight is 271 g/mol. The maximum atomic E-state index is 12.0. The number of hydrogen-bond donors (Lipinski definition) is 0. The molecule has 1 aromatic carbocycles. The quantitative estimate of drug-likeness (QED) is 0.825. The Kier molecular flexibility index (Phi) is 3.31. The monoisotopic (exact) mass is 270 g/mol. The van der Waals surface area contributed by atoms with Gasteiger partial charge in [-0.2, -0.15) is 0 Å². The molecule has 0 bridgehead atoms. The van der Waals surface area contributed by atoms with Gasteiger partial charge in [-0.15, -0.1) is 0 Å². The van der Waals surface area contributed by atoms with Crippen molar-refractivity contribution in [1.29, 1.82) is 0 Å². The first-order valence-electron chi connectivity index (χ1n) is 5.14. The molecule has 1 aliphatic heterocycles. The minimum Gasteiger partial charge on any atom is -0.378 e. The Morgan fingerprint density at radius 2 is 1.88 bits per heavy atom. The fourth-order valence-electron chi connectivity index (χ4n) is 1.74. The molecule has 0 atom stereocenters. The number of hydrogen-bond acceptors (Lipinski definition) is 2. The van der Waals surface area contributed by atoms with Gasteiger partial charge in [0.1, 0.15) is 5.03 Å². The van der Waals surface area contributed by atoms with Gasteiger partial charge in [-0.3, -0.25) is 4.79 Å². The van der Waals surface area contributed by atoms with Crippen LogP contribution in [0.3, 0.4) is 0 Å². The van der Waals surface area contributed by atoms with Crippen molar-refractivity contribution in [3.63, 3.8) is 0 Å². The summed E-state index contributed by atoms with van der Waals surface area (Å²) < 4.78 is 0. The van der Waals surface area contributed by atoms with E-state index < -0.39 is 0 Å². The molecule has 90 valence electrons. The highest BCUT2D eigenvalue weighted by Gasteiger charge is 2.32. The lowest BCUT2D eigenvalue weighted by Crippen LogP contribution is -2.27. The Morgan fingerprint density at radius 1 is 1.24 bits per heavy atom. The zero-order chi connectivity index (χ0) is 12.6. The predicted octanol–water partition coefficient (Wildman–Crippen LogP) is 2.70. The highest BCUT2D eigenvalue weighted by atomic mass is 35.5. The van der Waals surface area contributed by atoms with Crippen LogP contribution in [-0.4, -0.2) is 31.4 Å². The first-order chi connectivity index (χ1) is 8.02. The molecular weight excluding hydrogens is 259 g/mol. The van der Waals surface area contributed by atoms with Crippen LogP contribution in [0.5, 0.6) is 0 Å². The van der Waals surface area contributed by atoms with Gasteiger partial charge in [-0.1, -0.05) is 35.3 Å². The third kappa shape index (κ3) is 2.13. The Labute approximate surface area is 110 Å². The molecule has 2 rings (SSSR count). The molecular formula is C12H12Cl2N2O. The van der Waals surface area contributed by atoms with Crippen LogP contribution in [0.15, 0.2) is 35.0 Å². The summed E-state index contributed by atoms with van der Waals surface area (Å²) in [5.41, 5.74) is 1.49. The van der Waals surface area contributed by atoms with Crippen molar-refractivity contribution in [2.45, 2.75) is 0 Å². The third-order valence-corrected chi connectivity index (χ3v) is 3.38. The number of likely N-dealkylation sites (N-methyl/N-ethyl adjacent to an activating group) is 1. The van der Waals surface area contributed by atoms with Gasteiger partial charge in [0, 0.05) is 14.1 Å². The van der Waals surface area contributed by atoms with Crippen LogP contribution >= 0.6 is 23.2 Å². The number of anilines is 1. The molecule has 0 fully saturated rings. The average Bonchev–Trinajstić information content (AvgIpc) is 2.57. The number of carbonyl (C=O) groups is 1. The zero-order valence-corrected chi connectivity index (χ0v) is 11.1. The normalized spacial score (nSPS) is 15.8. The maximum Gasteiger partial charge on any atom is 0.272 e. The first kappa shape index (κ1) is 12.3. The molecule has 1 amide bonds. The molecule has 0 saturated heterocycles. The Morgan fingerprint density at radius 3 is 2.41 bits per heavy atom. The van der Waals surface area contributed by atoms with E-state index in [1.165, 1.54) is 0 Å². The lowest BCUT2D eigenvalue weighted by molar-refractivity contribution is -0.114. The molecule has 0 unspecified atom stereocenters. The van der Waals surface area contributed by atoms with E-state index in [0.717, 1.165) is 5.70 Å². The second-order valence-corrected chi connectivity index (χ2v) is 4.78. The largest absolute Gasteiger partial charge is 0.378 e. The number of para-hydroxylation sites is 1. The molecule has 0 aromatic heterocycles. The lowest BCUT2D eigenvalue weighted by atomic mass is 10.3. The van der Waals surface area contributed by atoms with Gasteiger partial charge in [0.25, 0.3) is 5.91 Å². The Balaban J connectivity index is 2.35. The zero-order valence-electron chi connectivity index (χ0n) is 9.58. The summed E-state index contributed by atoms with van der Waals surface area (Å²) in [5, 5.41) is 0.806. The van der Waals surface area contributed by atoms with Gasteiger partial charge in [-0.25, -0.2) is 0 Å². The van der Waals surface area contributed by atoms with Crippen molar-refractivity contribution < 1.29 is 4.79 Å². The van der Waals surface area contributed by atoms with E-state index in [-0.39, 0.29) is 10.9 Å². The van der Waals surface area contributed by atoms with Gasteiger partial charge >= 0.3 is 0 Å². The van der Waals surface area contributed by atoms with Gasteiger partial charge in [0.2, 0.25) is 0 Å². The summed E-state index contributed by atoms with van der Waals surface area (Å²) in [4.78, 5) is 15.5. The SMILES string of the molecule is CN(C)C1=C(Cl)C(=O)N(c2ccccc2Cl)C1. The number of halogens is 2. The van der Waals surface area contributed by atoms with Crippen LogP contribution in [0, 0.1) is 0 Å². The predicted molar refractivity (Wildman–Crippen MR) is 70.4 cm³/mol. The number of amides is 1. The summed E-state index contributed by atoms with van der Waals surface area (Å²) in [5.74, 6) is -0.205. The van der Waals surface area contributed by atoms with Gasteiger partial charge in [-0.05, 0) is 12.1 Å². The summed E-state index contributed by atoms with van der Waals surface area (Å²) >= 11 is 12.1. The second kappa shape index (κ2) is 4.59.